The maximum absolute atomic E-state index is 12.6. The fourth-order valence-corrected chi connectivity index (χ4v) is 5.51. The summed E-state index contributed by atoms with van der Waals surface area (Å²) in [5.74, 6) is 1.62. The molecule has 0 aliphatic carbocycles. The average molecular weight is 560 g/mol. The lowest BCUT2D eigenvalue weighted by Crippen LogP contribution is -2.47. The molecule has 1 fully saturated rings. The van der Waals surface area contributed by atoms with Gasteiger partial charge in [-0.3, -0.25) is 9.69 Å². The zero-order valence-corrected chi connectivity index (χ0v) is 24.3. The van der Waals surface area contributed by atoms with Crippen molar-refractivity contribution in [1.82, 2.24) is 14.9 Å². The van der Waals surface area contributed by atoms with Crippen LogP contribution in [0.1, 0.15) is 28.4 Å². The molecule has 0 radical (unpaired) electrons. The van der Waals surface area contributed by atoms with Crippen LogP contribution in [0.5, 0.6) is 5.75 Å². The predicted octanol–water partition coefficient (Wildman–Crippen LogP) is 6.55. The molecule has 0 unspecified atom stereocenters. The summed E-state index contributed by atoms with van der Waals surface area (Å²) in [6.45, 7) is 9.43. The highest BCUT2D eigenvalue weighted by Crippen LogP contribution is 2.29. The topological polar surface area (TPSA) is 73.5 Å². The van der Waals surface area contributed by atoms with Gasteiger partial charge in [0.15, 0.2) is 0 Å². The van der Waals surface area contributed by atoms with Gasteiger partial charge < -0.3 is 19.9 Å². The Balaban J connectivity index is 0.999. The third-order valence-electron chi connectivity index (χ3n) is 7.99. The molecular weight excluding hydrogens is 522 g/mol. The smallest absolute Gasteiger partial charge is 0.255 e. The van der Waals surface area contributed by atoms with Crippen LogP contribution in [0.15, 0.2) is 91.0 Å². The van der Waals surface area contributed by atoms with E-state index in [0.717, 1.165) is 78.6 Å². The molecule has 1 aliphatic heterocycles. The number of nitrogens with one attached hydrogen (secondary N) is 2. The molecule has 0 bridgehead atoms. The average Bonchev–Trinajstić information content (AvgIpc) is 3.47. The van der Waals surface area contributed by atoms with E-state index in [1.807, 2.05) is 55.5 Å². The minimum absolute atomic E-state index is 0.105. The molecule has 1 aliphatic rings. The zero-order chi connectivity index (χ0) is 28.9. The van der Waals surface area contributed by atoms with Crippen molar-refractivity contribution in [2.45, 2.75) is 20.3 Å². The molecule has 7 heteroatoms. The zero-order valence-electron chi connectivity index (χ0n) is 24.3. The highest BCUT2D eigenvalue weighted by atomic mass is 16.5. The number of piperazine rings is 1. The first-order valence-electron chi connectivity index (χ1n) is 14.7. The lowest BCUT2D eigenvalue weighted by Gasteiger charge is -2.36. The van der Waals surface area contributed by atoms with E-state index in [1.54, 1.807) is 0 Å². The summed E-state index contributed by atoms with van der Waals surface area (Å²) in [4.78, 5) is 26.0. The van der Waals surface area contributed by atoms with E-state index < -0.39 is 0 Å². The van der Waals surface area contributed by atoms with E-state index in [2.05, 4.69) is 69.5 Å². The molecule has 1 saturated heterocycles. The van der Waals surface area contributed by atoms with Crippen LogP contribution in [0.3, 0.4) is 0 Å². The van der Waals surface area contributed by atoms with Crippen LogP contribution in [-0.2, 0) is 6.42 Å². The molecule has 6 rings (SSSR count). The molecule has 42 heavy (non-hydrogen) atoms. The summed E-state index contributed by atoms with van der Waals surface area (Å²) in [5.41, 5.74) is 8.12. The standard InChI is InChI=1S/C35H37N5O2/c1-3-26-9-6-10-27(24-26)34-37-31-12-7-13-32(33(31)38-34)40-20-18-39(19-21-40)22-23-42-29-16-14-28(15-17-29)36-35(41)30-11-5-4-8-25(30)2/h4-17,24H,3,18-23H2,1-2H3,(H,36,41)(H,37,38). The molecule has 5 aromatic rings. The number of imidazole rings is 1. The van der Waals surface area contributed by atoms with Gasteiger partial charge in [-0.05, 0) is 73.0 Å². The number of aromatic nitrogens is 2. The van der Waals surface area contributed by atoms with Crippen LogP contribution < -0.4 is 15.0 Å². The van der Waals surface area contributed by atoms with Gasteiger partial charge in [-0.1, -0.05) is 49.4 Å². The molecule has 1 aromatic heterocycles. The van der Waals surface area contributed by atoms with E-state index in [1.165, 1.54) is 11.3 Å². The number of amides is 1. The Morgan fingerprint density at radius 2 is 1.71 bits per heavy atom. The maximum Gasteiger partial charge on any atom is 0.255 e. The molecule has 2 N–H and O–H groups in total. The number of hydrogen-bond acceptors (Lipinski definition) is 5. The van der Waals surface area contributed by atoms with E-state index >= 15 is 0 Å². The SMILES string of the molecule is CCc1cccc(-c2nc3c(N4CCN(CCOc5ccc(NC(=O)c6ccccc6C)cc5)CC4)cccc3[nH]2)c1. The minimum Gasteiger partial charge on any atom is -0.492 e. The van der Waals surface area contributed by atoms with E-state index in [0.29, 0.717) is 12.2 Å². The maximum atomic E-state index is 12.6. The minimum atomic E-state index is -0.105. The summed E-state index contributed by atoms with van der Waals surface area (Å²) >= 11 is 0. The molecule has 0 saturated carbocycles. The van der Waals surface area contributed by atoms with Gasteiger partial charge in [0.2, 0.25) is 0 Å². The van der Waals surface area contributed by atoms with Crippen molar-refractivity contribution in [3.05, 3.63) is 108 Å². The van der Waals surface area contributed by atoms with Crippen LogP contribution in [0.2, 0.25) is 0 Å². The van der Waals surface area contributed by atoms with Crippen LogP contribution in [-0.4, -0.2) is 60.1 Å². The quantitative estimate of drug-likeness (QED) is 0.214. The normalized spacial score (nSPS) is 13.8. The molecule has 4 aromatic carbocycles. The number of hydrogen-bond donors (Lipinski definition) is 2. The third kappa shape index (κ3) is 6.16. The Labute approximate surface area is 247 Å². The number of para-hydroxylation sites is 1. The molecule has 7 nitrogen and oxygen atoms in total. The predicted molar refractivity (Wildman–Crippen MR) is 171 cm³/mol. The molecule has 214 valence electrons. The van der Waals surface area contributed by atoms with E-state index in [9.17, 15) is 4.79 Å². The number of rotatable bonds is 9. The largest absolute Gasteiger partial charge is 0.492 e. The monoisotopic (exact) mass is 559 g/mol. The number of aryl methyl sites for hydroxylation is 2. The summed E-state index contributed by atoms with van der Waals surface area (Å²) in [6.07, 6.45) is 1.01. The van der Waals surface area contributed by atoms with Crippen molar-refractivity contribution in [2.75, 3.05) is 49.5 Å². The molecule has 0 atom stereocenters. The first-order valence-corrected chi connectivity index (χ1v) is 14.7. The van der Waals surface area contributed by atoms with Gasteiger partial charge in [0.1, 0.15) is 23.7 Å². The second kappa shape index (κ2) is 12.5. The summed E-state index contributed by atoms with van der Waals surface area (Å²) in [5, 5.41) is 2.96. The fraction of sp³-hybridized carbons (Fsp3) is 0.257. The number of carbonyl (C=O) groups excluding carboxylic acids is 1. The van der Waals surface area contributed by atoms with Crippen molar-refractivity contribution >= 4 is 28.3 Å². The molecule has 2 heterocycles. The Bertz CT molecular complexity index is 1670. The Kier molecular flexibility index (Phi) is 8.19. The van der Waals surface area contributed by atoms with Crippen molar-refractivity contribution in [2.24, 2.45) is 0 Å². The van der Waals surface area contributed by atoms with Crippen molar-refractivity contribution in [1.29, 1.82) is 0 Å². The fourth-order valence-electron chi connectivity index (χ4n) is 5.51. The number of H-pyrrole nitrogens is 1. The number of fused-ring (bicyclic) bond motifs is 1. The summed E-state index contributed by atoms with van der Waals surface area (Å²) in [6, 6.07) is 30.2. The van der Waals surface area contributed by atoms with Crippen molar-refractivity contribution in [3.8, 4) is 17.1 Å². The lowest BCUT2D eigenvalue weighted by molar-refractivity contribution is 0.102. The Morgan fingerprint density at radius 1 is 0.929 bits per heavy atom. The number of nitrogens with zero attached hydrogens (tertiary/aromatic N) is 3. The molecule has 0 spiro atoms. The number of aromatic amines is 1. The van der Waals surface area contributed by atoms with Crippen LogP contribution >= 0.6 is 0 Å². The number of anilines is 2. The number of ether oxygens (including phenoxy) is 1. The Morgan fingerprint density at radius 3 is 2.50 bits per heavy atom. The molecule has 1 amide bonds. The van der Waals surface area contributed by atoms with Crippen LogP contribution in [0.4, 0.5) is 11.4 Å². The van der Waals surface area contributed by atoms with Gasteiger partial charge in [0.05, 0.1) is 11.2 Å². The Hall–Kier alpha value is -4.62. The van der Waals surface area contributed by atoms with Crippen LogP contribution in [0.25, 0.3) is 22.4 Å². The number of benzene rings is 4. The highest BCUT2D eigenvalue weighted by molar-refractivity contribution is 6.05. The van der Waals surface area contributed by atoms with Crippen LogP contribution in [0, 0.1) is 6.92 Å². The number of carbonyl (C=O) groups is 1. The van der Waals surface area contributed by atoms with Gasteiger partial charge >= 0.3 is 0 Å². The molecular formula is C35H37N5O2. The first-order chi connectivity index (χ1) is 20.6. The second-order valence-corrected chi connectivity index (χ2v) is 10.8. The highest BCUT2D eigenvalue weighted by Gasteiger charge is 2.20. The third-order valence-corrected chi connectivity index (χ3v) is 7.99. The van der Waals surface area contributed by atoms with E-state index in [-0.39, 0.29) is 5.91 Å². The van der Waals surface area contributed by atoms with Gasteiger partial charge in [-0.15, -0.1) is 0 Å². The summed E-state index contributed by atoms with van der Waals surface area (Å²) < 4.78 is 6.02. The van der Waals surface area contributed by atoms with Gasteiger partial charge in [0, 0.05) is 49.5 Å². The summed E-state index contributed by atoms with van der Waals surface area (Å²) in [7, 11) is 0. The van der Waals surface area contributed by atoms with E-state index in [4.69, 9.17) is 9.72 Å². The van der Waals surface area contributed by atoms with Gasteiger partial charge in [0.25, 0.3) is 5.91 Å². The van der Waals surface area contributed by atoms with Gasteiger partial charge in [-0.2, -0.15) is 0 Å². The second-order valence-electron chi connectivity index (χ2n) is 10.8. The van der Waals surface area contributed by atoms with Crippen molar-refractivity contribution < 1.29 is 9.53 Å². The van der Waals surface area contributed by atoms with Crippen molar-refractivity contribution in [3.63, 3.8) is 0 Å². The lowest BCUT2D eigenvalue weighted by atomic mass is 10.1. The van der Waals surface area contributed by atoms with Gasteiger partial charge in [-0.25, -0.2) is 4.98 Å². The first kappa shape index (κ1) is 27.5.